The van der Waals surface area contributed by atoms with Crippen molar-refractivity contribution < 1.29 is 44.3 Å². The Bertz CT molecular complexity index is 453. The summed E-state index contributed by atoms with van der Waals surface area (Å²) in [7, 11) is 1.47. The van der Waals surface area contributed by atoms with Crippen molar-refractivity contribution >= 4 is 29.9 Å². The Morgan fingerprint density at radius 2 is 1.04 bits per heavy atom. The van der Waals surface area contributed by atoms with Crippen LogP contribution in [-0.4, -0.2) is 18.4 Å². The summed E-state index contributed by atoms with van der Waals surface area (Å²) < 4.78 is 39.2. The Hall–Kier alpha value is -0.163. The van der Waals surface area contributed by atoms with Gasteiger partial charge >= 0.3 is 138 Å². The van der Waals surface area contributed by atoms with Crippen molar-refractivity contribution in [2.75, 3.05) is 0 Å². The van der Waals surface area contributed by atoms with Gasteiger partial charge in [0.25, 0.3) is 0 Å². The molecule has 0 aromatic carbocycles. The van der Waals surface area contributed by atoms with Crippen molar-refractivity contribution in [1.29, 1.82) is 0 Å². The Morgan fingerprint density at radius 1 is 0.739 bits per heavy atom. The SMILES string of the molecule is Cc1cp[c]([Sn]([CH3])([CH3])[CH3])cc1C.[C-]#[O+].[C-]#[O+].[C-]#[O+].[C-]#[O+].[C-]#[O+].[W]. The second-order valence-electron chi connectivity index (χ2n) is 4.40. The van der Waals surface area contributed by atoms with Gasteiger partial charge in [0.15, 0.2) is 0 Å². The maximum absolute atomic E-state index is 7.50. The normalized spacial score (nSPS) is 6.91. The largest absolute Gasteiger partial charge is 0 e. The fourth-order valence-corrected chi connectivity index (χ4v) is 7.95. The molecule has 0 atom stereocenters. The van der Waals surface area contributed by atoms with Crippen LogP contribution in [0.3, 0.4) is 0 Å². The van der Waals surface area contributed by atoms with Gasteiger partial charge in [0.05, 0.1) is 0 Å². The van der Waals surface area contributed by atoms with Crippen LogP contribution in [0.4, 0.5) is 0 Å². The maximum atomic E-state index is 7.50. The average Bonchev–Trinajstić information content (AvgIpc) is 2.58. The van der Waals surface area contributed by atoms with Crippen LogP contribution in [0.25, 0.3) is 0 Å². The van der Waals surface area contributed by atoms with Crippen molar-refractivity contribution in [3.8, 4) is 0 Å². The van der Waals surface area contributed by atoms with E-state index >= 15 is 0 Å². The molecule has 0 bridgehead atoms. The zero-order valence-corrected chi connectivity index (χ0v) is 20.2. The minimum atomic E-state index is -1.74. The average molecular weight is 611 g/mol. The number of rotatable bonds is 1. The summed E-state index contributed by atoms with van der Waals surface area (Å²) in [6.45, 7) is 26.9. The third-order valence-electron chi connectivity index (χ3n) is 2.14. The van der Waals surface area contributed by atoms with Crippen molar-refractivity contribution in [2.24, 2.45) is 0 Å². The van der Waals surface area contributed by atoms with Crippen molar-refractivity contribution in [3.63, 3.8) is 0 Å². The van der Waals surface area contributed by atoms with Crippen LogP contribution in [0.1, 0.15) is 11.1 Å². The van der Waals surface area contributed by atoms with Crippen molar-refractivity contribution in [2.45, 2.75) is 28.7 Å². The van der Waals surface area contributed by atoms with E-state index in [2.05, 4.69) is 73.8 Å². The smallest absolute Gasteiger partial charge is 0 e. The molecule has 1 aromatic rings. The Balaban J connectivity index is -0.0000000565. The number of hydrogen-bond donors (Lipinski definition) is 0. The Morgan fingerprint density at radius 3 is 1.26 bits per heavy atom. The van der Waals surface area contributed by atoms with Gasteiger partial charge in [-0.05, 0) is 0 Å². The van der Waals surface area contributed by atoms with E-state index in [0.29, 0.717) is 0 Å². The zero-order chi connectivity index (χ0) is 19.4. The van der Waals surface area contributed by atoms with Crippen LogP contribution >= 0.6 is 8.19 Å². The molecule has 8 heteroatoms. The summed E-state index contributed by atoms with van der Waals surface area (Å²) in [6.07, 6.45) is 0. The van der Waals surface area contributed by atoms with Gasteiger partial charge < -0.3 is 0 Å². The summed E-state index contributed by atoms with van der Waals surface area (Å²) in [5.41, 5.74) is 2.92. The monoisotopic (exact) mass is 612 g/mol. The molecular formula is C15H17O5PSnW. The third kappa shape index (κ3) is 24.2. The molecule has 0 aliphatic carbocycles. The van der Waals surface area contributed by atoms with Gasteiger partial charge in [-0.1, -0.05) is 0 Å². The zero-order valence-electron chi connectivity index (χ0n) is 13.6. The van der Waals surface area contributed by atoms with E-state index in [4.69, 9.17) is 23.3 Å². The van der Waals surface area contributed by atoms with Crippen LogP contribution in [0.2, 0.25) is 14.8 Å². The van der Waals surface area contributed by atoms with E-state index in [1.54, 1.807) is 3.31 Å². The van der Waals surface area contributed by atoms with Gasteiger partial charge in [-0.3, -0.25) is 0 Å². The Labute approximate surface area is 158 Å². The van der Waals surface area contributed by atoms with Gasteiger partial charge in [-0.25, -0.2) is 0 Å². The predicted octanol–water partition coefficient (Wildman–Crippen LogP) is 3.24. The molecule has 5 nitrogen and oxygen atoms in total. The second-order valence-corrected chi connectivity index (χ2v) is 21.0. The van der Waals surface area contributed by atoms with E-state index in [1.165, 1.54) is 19.3 Å². The minimum Gasteiger partial charge on any atom is 0 e. The van der Waals surface area contributed by atoms with Crippen LogP contribution in [0, 0.1) is 47.1 Å². The molecule has 0 N–H and O–H groups in total. The van der Waals surface area contributed by atoms with Gasteiger partial charge in [0, 0.05) is 21.1 Å². The first-order valence-corrected chi connectivity index (χ1v) is 16.3. The fourth-order valence-electron chi connectivity index (χ4n) is 1.03. The molecule has 0 saturated carbocycles. The summed E-state index contributed by atoms with van der Waals surface area (Å²) >= 11 is -1.74. The molecule has 0 spiro atoms. The molecule has 122 valence electrons. The van der Waals surface area contributed by atoms with Crippen molar-refractivity contribution in [1.82, 2.24) is 0 Å². The third-order valence-corrected chi connectivity index (χ3v) is 13.5. The molecule has 1 rings (SSSR count). The fraction of sp³-hybridized carbons (Fsp3) is 0.333. The quantitative estimate of drug-likeness (QED) is 0.265. The molecule has 1 aromatic heterocycles. The van der Waals surface area contributed by atoms with Crippen LogP contribution < -0.4 is 3.31 Å². The summed E-state index contributed by atoms with van der Waals surface area (Å²) in [5.74, 6) is 2.35. The molecule has 0 fully saturated rings. The first kappa shape index (κ1) is 38.4. The number of aryl methyl sites for hydroxylation is 2. The first-order valence-electron chi connectivity index (χ1n) is 5.37. The van der Waals surface area contributed by atoms with Crippen LogP contribution in [-0.2, 0) is 44.3 Å². The maximum Gasteiger partial charge on any atom is 0 e. The standard InChI is InChI=1S/C7H8P.5CO.3CH3.Sn.W/c1-6-3-4-8-5-7(6)2;5*1-2;;;;;/h3,5H,1-2H3;;;;;;3*1H3;;. The van der Waals surface area contributed by atoms with E-state index in [0.717, 1.165) is 0 Å². The molecule has 1 heterocycles. The van der Waals surface area contributed by atoms with E-state index in [9.17, 15) is 0 Å². The van der Waals surface area contributed by atoms with Gasteiger partial charge in [0.1, 0.15) is 0 Å². The molecule has 0 radical (unpaired) electrons. The molecule has 0 unspecified atom stereocenters. The first-order chi connectivity index (χ1) is 10.4. The molecule has 0 amide bonds. The molecule has 0 saturated heterocycles. The molecule has 0 aliphatic heterocycles. The van der Waals surface area contributed by atoms with Crippen LogP contribution in [0.5, 0.6) is 0 Å². The van der Waals surface area contributed by atoms with Crippen LogP contribution in [0.15, 0.2) is 11.9 Å². The summed E-state index contributed by atoms with van der Waals surface area (Å²) in [6, 6.07) is 2.42. The van der Waals surface area contributed by atoms with Gasteiger partial charge in [0.2, 0.25) is 0 Å². The molecule has 23 heavy (non-hydrogen) atoms. The van der Waals surface area contributed by atoms with Gasteiger partial charge in [-0.2, -0.15) is 0 Å². The molecule has 0 aliphatic rings. The van der Waals surface area contributed by atoms with E-state index in [1.807, 2.05) is 0 Å². The van der Waals surface area contributed by atoms with Crippen molar-refractivity contribution in [3.05, 3.63) is 56.2 Å². The van der Waals surface area contributed by atoms with E-state index < -0.39 is 18.4 Å². The molecular weight excluding hydrogens is 594 g/mol. The summed E-state index contributed by atoms with van der Waals surface area (Å²) in [4.78, 5) is 7.44. The number of hydrogen-bond acceptors (Lipinski definition) is 0. The van der Waals surface area contributed by atoms with E-state index in [-0.39, 0.29) is 21.1 Å². The summed E-state index contributed by atoms with van der Waals surface area (Å²) in [5, 5.41) is 0. The minimum absolute atomic E-state index is 0. The topological polar surface area (TPSA) is 99.5 Å². The second kappa shape index (κ2) is 29.8. The predicted molar refractivity (Wildman–Crippen MR) is 81.1 cm³/mol. The van der Waals surface area contributed by atoms with Gasteiger partial charge in [-0.15, -0.1) is 0 Å². The Kier molecular flexibility index (Phi) is 49.8.